The molecule has 2 rings (SSSR count). The number of amides is 2. The number of hydrazine groups is 2. The number of para-hydroxylation sites is 2. The van der Waals surface area contributed by atoms with Gasteiger partial charge in [-0.3, -0.25) is 30.0 Å². The maximum Gasteiger partial charge on any atom is 0.317 e. The lowest BCUT2D eigenvalue weighted by atomic mass is 10.0. The van der Waals surface area contributed by atoms with Gasteiger partial charge >= 0.3 is 11.9 Å². The van der Waals surface area contributed by atoms with Crippen molar-refractivity contribution in [2.45, 2.75) is 58.3 Å². The number of carbonyl (C=O) groups is 4. The van der Waals surface area contributed by atoms with E-state index >= 15 is 0 Å². The van der Waals surface area contributed by atoms with E-state index in [0.717, 1.165) is 12.8 Å². The van der Waals surface area contributed by atoms with E-state index < -0.39 is 29.7 Å². The van der Waals surface area contributed by atoms with Crippen molar-refractivity contribution in [1.29, 1.82) is 0 Å². The van der Waals surface area contributed by atoms with Crippen LogP contribution in [0.5, 0.6) is 11.5 Å². The average Bonchev–Trinajstić information content (AvgIpc) is 2.90. The molecule has 0 saturated carbocycles. The minimum atomic E-state index is -1.23. The highest BCUT2D eigenvalue weighted by Crippen LogP contribution is 2.15. The Morgan fingerprint density at radius 1 is 0.684 bits per heavy atom. The Morgan fingerprint density at radius 3 is 1.39 bits per heavy atom. The van der Waals surface area contributed by atoms with E-state index in [1.165, 1.54) is 49.9 Å². The molecule has 12 heteroatoms. The van der Waals surface area contributed by atoms with E-state index in [-0.39, 0.29) is 29.0 Å². The number of unbranched alkanes of at least 4 members (excludes halogenated alkanes) is 6. The number of carbonyl (C=O) groups excluding carboxylic acids is 2. The number of hydrogen-bond donors (Lipinski definition) is 8. The molecule has 2 aromatic carbocycles. The Labute approximate surface area is 221 Å². The van der Waals surface area contributed by atoms with Crippen molar-refractivity contribution in [2.24, 2.45) is 17.6 Å². The van der Waals surface area contributed by atoms with E-state index in [1.807, 2.05) is 10.9 Å². The Balaban J connectivity index is 0.000000554. The summed E-state index contributed by atoms with van der Waals surface area (Å²) in [5.74, 6) is 4.91. The number of aromatic hydroxyl groups is 2. The third-order valence-corrected chi connectivity index (χ3v) is 5.25. The molecule has 0 aliphatic rings. The van der Waals surface area contributed by atoms with Gasteiger partial charge in [0.15, 0.2) is 5.92 Å². The molecule has 0 fully saturated rings. The van der Waals surface area contributed by atoms with Crippen LogP contribution in [0.3, 0.4) is 0 Å². The third-order valence-electron chi connectivity index (χ3n) is 5.25. The molecule has 0 atom stereocenters. The Hall–Kier alpha value is -4.16. The predicted octanol–water partition coefficient (Wildman–Crippen LogP) is 2.90. The maximum absolute atomic E-state index is 10.8. The van der Waals surface area contributed by atoms with Crippen LogP contribution in [0.25, 0.3) is 0 Å². The van der Waals surface area contributed by atoms with Crippen LogP contribution in [-0.2, 0) is 9.59 Å². The summed E-state index contributed by atoms with van der Waals surface area (Å²) in [6.45, 7) is 2.16. The number of nitrogen functional groups attached to an aromatic ring is 2. The highest BCUT2D eigenvalue weighted by Gasteiger charge is 2.24. The monoisotopic (exact) mass is 534 g/mol. The van der Waals surface area contributed by atoms with Crippen LogP contribution in [0.2, 0.25) is 0 Å². The van der Waals surface area contributed by atoms with Gasteiger partial charge in [0.2, 0.25) is 0 Å². The molecule has 2 amide bonds. The van der Waals surface area contributed by atoms with Crippen molar-refractivity contribution in [3.63, 3.8) is 0 Å². The van der Waals surface area contributed by atoms with Gasteiger partial charge in [-0.1, -0.05) is 76.1 Å². The number of carboxylic acid groups (broad SMARTS) is 2. The first-order valence-electron chi connectivity index (χ1n) is 12.1. The van der Waals surface area contributed by atoms with Crippen LogP contribution in [-0.4, -0.2) is 44.2 Å². The molecular weight excluding hydrogens is 496 g/mol. The van der Waals surface area contributed by atoms with Gasteiger partial charge in [0, 0.05) is 0 Å². The fourth-order valence-electron chi connectivity index (χ4n) is 3.14. The van der Waals surface area contributed by atoms with Crippen LogP contribution in [0.1, 0.15) is 79.0 Å². The van der Waals surface area contributed by atoms with Gasteiger partial charge in [-0.2, -0.15) is 0 Å². The second-order valence-electron chi connectivity index (χ2n) is 8.12. The molecule has 0 aromatic heterocycles. The fraction of sp³-hybridized carbons (Fsp3) is 0.385. The molecule has 0 heterocycles. The van der Waals surface area contributed by atoms with E-state index in [2.05, 4.69) is 6.92 Å². The largest absolute Gasteiger partial charge is 0.507 e. The summed E-state index contributed by atoms with van der Waals surface area (Å²) in [6, 6.07) is 12.4. The minimum Gasteiger partial charge on any atom is -0.507 e. The van der Waals surface area contributed by atoms with Crippen molar-refractivity contribution in [2.75, 3.05) is 0 Å². The van der Waals surface area contributed by atoms with Gasteiger partial charge in [-0.25, -0.2) is 11.7 Å². The zero-order valence-corrected chi connectivity index (χ0v) is 21.4. The molecule has 0 unspecified atom stereocenters. The molecular formula is C26H38N4O8. The smallest absolute Gasteiger partial charge is 0.317 e. The van der Waals surface area contributed by atoms with Crippen LogP contribution < -0.4 is 22.5 Å². The van der Waals surface area contributed by atoms with Crippen molar-refractivity contribution in [3.8, 4) is 11.5 Å². The third kappa shape index (κ3) is 13.8. The topological polar surface area (TPSA) is 225 Å². The quantitative estimate of drug-likeness (QED) is 0.0653. The van der Waals surface area contributed by atoms with E-state index in [1.54, 1.807) is 24.3 Å². The minimum absolute atomic E-state index is 0.0737. The summed E-state index contributed by atoms with van der Waals surface area (Å²) >= 11 is 0. The average molecular weight is 535 g/mol. The van der Waals surface area contributed by atoms with Gasteiger partial charge in [-0.15, -0.1) is 0 Å². The zero-order valence-electron chi connectivity index (χ0n) is 21.4. The molecule has 2 aromatic rings. The van der Waals surface area contributed by atoms with Crippen molar-refractivity contribution < 1.29 is 39.6 Å². The summed E-state index contributed by atoms with van der Waals surface area (Å²) in [6.07, 6.45) is 7.78. The number of benzene rings is 2. The van der Waals surface area contributed by atoms with Crippen LogP contribution >= 0.6 is 0 Å². The predicted molar refractivity (Wildman–Crippen MR) is 141 cm³/mol. The Morgan fingerprint density at radius 2 is 1.05 bits per heavy atom. The lowest BCUT2D eigenvalue weighted by molar-refractivity contribution is -0.154. The van der Waals surface area contributed by atoms with Crippen LogP contribution in [0, 0.1) is 5.92 Å². The number of phenolic OH excluding ortho intramolecular Hbond substituents is 2. The fourth-order valence-corrected chi connectivity index (χ4v) is 3.14. The molecule has 12 nitrogen and oxygen atoms in total. The number of hydrogen-bond acceptors (Lipinski definition) is 8. The summed E-state index contributed by atoms with van der Waals surface area (Å²) in [7, 11) is 0. The van der Waals surface area contributed by atoms with E-state index in [0.29, 0.717) is 6.42 Å². The number of nitrogens with two attached hydrogens (primary N) is 2. The van der Waals surface area contributed by atoms with Gasteiger partial charge in [0.25, 0.3) is 11.8 Å². The maximum atomic E-state index is 10.8. The molecule has 38 heavy (non-hydrogen) atoms. The standard InChI is InChI=1S/C12H22O4.2C7H8N2O2/c1-2-3-4-5-6-7-8-9-10(11(13)14)12(15)16;2*8-9-7(11)5-3-1-2-4-6(5)10/h10H,2-9H2,1H3,(H,13,14)(H,15,16);2*1-4,10H,8H2,(H,9,11). The summed E-state index contributed by atoms with van der Waals surface area (Å²) < 4.78 is 0. The molecule has 10 N–H and O–H groups in total. The molecule has 0 spiro atoms. The van der Waals surface area contributed by atoms with Gasteiger partial charge in [0.05, 0.1) is 11.1 Å². The molecule has 0 bridgehead atoms. The summed E-state index contributed by atoms with van der Waals surface area (Å²) in [5.41, 5.74) is 4.20. The molecule has 0 aliphatic heterocycles. The Kier molecular flexibility index (Phi) is 17.8. The van der Waals surface area contributed by atoms with Crippen molar-refractivity contribution in [1.82, 2.24) is 10.9 Å². The number of rotatable bonds is 12. The zero-order chi connectivity index (χ0) is 28.9. The second-order valence-corrected chi connectivity index (χ2v) is 8.12. The summed E-state index contributed by atoms with van der Waals surface area (Å²) in [5, 5.41) is 35.5. The van der Waals surface area contributed by atoms with Crippen LogP contribution in [0.15, 0.2) is 48.5 Å². The van der Waals surface area contributed by atoms with E-state index in [4.69, 9.17) is 32.1 Å². The number of aliphatic carboxylic acids is 2. The highest BCUT2D eigenvalue weighted by molar-refractivity contribution is 5.96. The van der Waals surface area contributed by atoms with Gasteiger partial charge in [-0.05, 0) is 30.7 Å². The van der Waals surface area contributed by atoms with Crippen molar-refractivity contribution >= 4 is 23.8 Å². The first-order chi connectivity index (χ1) is 18.1. The number of phenols is 2. The highest BCUT2D eigenvalue weighted by atomic mass is 16.4. The second kappa shape index (κ2) is 20.0. The first kappa shape index (κ1) is 33.8. The number of carboxylic acids is 2. The normalized spacial score (nSPS) is 9.79. The molecule has 0 aliphatic carbocycles. The lowest BCUT2D eigenvalue weighted by Crippen LogP contribution is -2.29. The molecule has 0 saturated heterocycles. The van der Waals surface area contributed by atoms with E-state index in [9.17, 15) is 19.2 Å². The van der Waals surface area contributed by atoms with Crippen LogP contribution in [0.4, 0.5) is 0 Å². The Bertz CT molecular complexity index is 945. The molecule has 210 valence electrons. The lowest BCUT2D eigenvalue weighted by Gasteiger charge is -2.06. The SMILES string of the molecule is CCCCCCCCCC(C(=O)O)C(=O)O.NNC(=O)c1ccccc1O.NNC(=O)c1ccccc1O. The summed E-state index contributed by atoms with van der Waals surface area (Å²) in [4.78, 5) is 42.8. The first-order valence-corrected chi connectivity index (χ1v) is 12.1. The van der Waals surface area contributed by atoms with Gasteiger partial charge in [0.1, 0.15) is 11.5 Å². The van der Waals surface area contributed by atoms with Crippen molar-refractivity contribution in [3.05, 3.63) is 59.7 Å². The molecule has 0 radical (unpaired) electrons. The van der Waals surface area contributed by atoms with Gasteiger partial charge < -0.3 is 20.4 Å². The number of nitrogens with one attached hydrogen (secondary N) is 2.